The molecule has 0 radical (unpaired) electrons. The number of fused-ring (bicyclic) bond motifs is 1. The number of rotatable bonds is 2. The van der Waals surface area contributed by atoms with Crippen molar-refractivity contribution in [2.75, 3.05) is 19.8 Å². The minimum absolute atomic E-state index is 0.102. The molecular weight excluding hydrogens is 244 g/mol. The van der Waals surface area contributed by atoms with Gasteiger partial charge in [-0.3, -0.25) is 9.59 Å². The van der Waals surface area contributed by atoms with E-state index in [9.17, 15) is 9.59 Å². The molecule has 0 bridgehead atoms. The predicted molar refractivity (Wildman–Crippen MR) is 69.5 cm³/mol. The third-order valence-corrected chi connectivity index (χ3v) is 4.63. The second kappa shape index (κ2) is 5.12. The van der Waals surface area contributed by atoms with Crippen LogP contribution < -0.4 is 0 Å². The zero-order valence-corrected chi connectivity index (χ0v) is 11.5. The van der Waals surface area contributed by atoms with Crippen LogP contribution in [0.15, 0.2) is 0 Å². The van der Waals surface area contributed by atoms with Crippen molar-refractivity contribution < 1.29 is 14.3 Å². The van der Waals surface area contributed by atoms with E-state index in [1.807, 2.05) is 16.7 Å². The quantitative estimate of drug-likeness (QED) is 0.742. The van der Waals surface area contributed by atoms with E-state index in [4.69, 9.17) is 4.74 Å². The average molecular weight is 266 g/mol. The zero-order valence-electron chi connectivity index (χ0n) is 11.5. The number of hydrogen-bond acceptors (Lipinski definition) is 3. The van der Waals surface area contributed by atoms with Crippen LogP contribution in [0, 0.1) is 0 Å². The van der Waals surface area contributed by atoms with Crippen LogP contribution in [0.2, 0.25) is 0 Å². The maximum absolute atomic E-state index is 12.7. The fourth-order valence-corrected chi connectivity index (χ4v) is 3.64. The highest BCUT2D eigenvalue weighted by Gasteiger charge is 2.48. The van der Waals surface area contributed by atoms with Gasteiger partial charge >= 0.3 is 0 Å². The Morgan fingerprint density at radius 3 is 2.74 bits per heavy atom. The van der Waals surface area contributed by atoms with Gasteiger partial charge in [0.2, 0.25) is 11.8 Å². The second-order valence-electron chi connectivity index (χ2n) is 5.73. The molecule has 106 valence electrons. The molecule has 3 heterocycles. The highest BCUT2D eigenvalue weighted by molar-refractivity contribution is 5.97. The number of piperidine rings is 1. The molecule has 2 amide bonds. The summed E-state index contributed by atoms with van der Waals surface area (Å²) >= 11 is 0. The SMILES string of the molecule is CCC1C(=O)N2CCCCC2C(=O)N1C1CCOC1. The Bertz CT molecular complexity index is 379. The van der Waals surface area contributed by atoms with Gasteiger partial charge in [-0.25, -0.2) is 0 Å². The molecule has 0 N–H and O–H groups in total. The molecule has 3 aliphatic heterocycles. The number of amides is 2. The van der Waals surface area contributed by atoms with E-state index >= 15 is 0 Å². The van der Waals surface area contributed by atoms with Gasteiger partial charge in [0.25, 0.3) is 0 Å². The maximum atomic E-state index is 12.7. The van der Waals surface area contributed by atoms with Gasteiger partial charge in [-0.1, -0.05) is 6.92 Å². The number of nitrogens with zero attached hydrogens (tertiary/aromatic N) is 2. The third kappa shape index (κ3) is 2.04. The molecule has 5 heteroatoms. The molecule has 0 saturated carbocycles. The van der Waals surface area contributed by atoms with Crippen molar-refractivity contribution in [2.45, 2.75) is 57.2 Å². The molecule has 3 unspecified atom stereocenters. The summed E-state index contributed by atoms with van der Waals surface area (Å²) in [5.74, 6) is 0.306. The van der Waals surface area contributed by atoms with Crippen molar-refractivity contribution in [1.82, 2.24) is 9.80 Å². The summed E-state index contributed by atoms with van der Waals surface area (Å²) < 4.78 is 5.40. The van der Waals surface area contributed by atoms with Crippen LogP contribution in [0.5, 0.6) is 0 Å². The molecule has 3 rings (SSSR count). The first kappa shape index (κ1) is 12.9. The van der Waals surface area contributed by atoms with Crippen LogP contribution in [0.25, 0.3) is 0 Å². The van der Waals surface area contributed by atoms with Crippen LogP contribution in [0.4, 0.5) is 0 Å². The van der Waals surface area contributed by atoms with Crippen LogP contribution in [0.3, 0.4) is 0 Å². The molecule has 0 spiro atoms. The standard InChI is InChI=1S/C14H22N2O3/c1-2-11-13(17)15-7-4-3-5-12(15)14(18)16(11)10-6-8-19-9-10/h10-12H,2-9H2,1H3. The molecule has 3 saturated heterocycles. The minimum atomic E-state index is -0.270. The summed E-state index contributed by atoms with van der Waals surface area (Å²) in [6.07, 6.45) is 4.46. The van der Waals surface area contributed by atoms with E-state index in [-0.39, 0.29) is 29.9 Å². The minimum Gasteiger partial charge on any atom is -0.379 e. The van der Waals surface area contributed by atoms with Gasteiger partial charge in [-0.2, -0.15) is 0 Å². The Morgan fingerprint density at radius 2 is 2.05 bits per heavy atom. The predicted octanol–water partition coefficient (Wildman–Crippen LogP) is 0.777. The van der Waals surface area contributed by atoms with Crippen molar-refractivity contribution in [1.29, 1.82) is 0 Å². The number of hydrogen-bond donors (Lipinski definition) is 0. The number of carbonyl (C=O) groups is 2. The van der Waals surface area contributed by atoms with E-state index in [0.717, 1.165) is 32.2 Å². The van der Waals surface area contributed by atoms with Gasteiger partial charge < -0.3 is 14.5 Å². The van der Waals surface area contributed by atoms with E-state index in [2.05, 4.69) is 0 Å². The largest absolute Gasteiger partial charge is 0.379 e. The summed E-state index contributed by atoms with van der Waals surface area (Å²) in [4.78, 5) is 29.0. The lowest BCUT2D eigenvalue weighted by molar-refractivity contribution is -0.166. The Kier molecular flexibility index (Phi) is 3.48. The first-order chi connectivity index (χ1) is 9.24. The first-order valence-electron chi connectivity index (χ1n) is 7.44. The summed E-state index contributed by atoms with van der Waals surface area (Å²) in [6, 6.07) is -0.372. The molecule has 0 aromatic heterocycles. The average Bonchev–Trinajstić information content (AvgIpc) is 2.96. The van der Waals surface area contributed by atoms with Crippen LogP contribution in [0.1, 0.15) is 39.0 Å². The highest BCUT2D eigenvalue weighted by Crippen LogP contribution is 2.30. The summed E-state index contributed by atoms with van der Waals surface area (Å²) in [7, 11) is 0. The Hall–Kier alpha value is -1.10. The lowest BCUT2D eigenvalue weighted by atomic mass is 9.93. The molecule has 3 fully saturated rings. The molecule has 0 aliphatic carbocycles. The fourth-order valence-electron chi connectivity index (χ4n) is 3.64. The van der Waals surface area contributed by atoms with Gasteiger partial charge in [0, 0.05) is 13.2 Å². The van der Waals surface area contributed by atoms with E-state index in [1.165, 1.54) is 0 Å². The smallest absolute Gasteiger partial charge is 0.246 e. The van der Waals surface area contributed by atoms with Crippen molar-refractivity contribution in [3.8, 4) is 0 Å². The highest BCUT2D eigenvalue weighted by atomic mass is 16.5. The molecule has 5 nitrogen and oxygen atoms in total. The van der Waals surface area contributed by atoms with Crippen LogP contribution in [-0.4, -0.2) is 59.5 Å². The van der Waals surface area contributed by atoms with Crippen molar-refractivity contribution in [3.63, 3.8) is 0 Å². The van der Waals surface area contributed by atoms with Gasteiger partial charge in [-0.15, -0.1) is 0 Å². The second-order valence-corrected chi connectivity index (χ2v) is 5.73. The van der Waals surface area contributed by atoms with Gasteiger partial charge in [0.15, 0.2) is 0 Å². The Labute approximate surface area is 113 Å². The van der Waals surface area contributed by atoms with Gasteiger partial charge in [0.05, 0.1) is 12.6 Å². The lowest BCUT2D eigenvalue weighted by Crippen LogP contribution is -2.67. The zero-order chi connectivity index (χ0) is 13.4. The van der Waals surface area contributed by atoms with Crippen molar-refractivity contribution >= 4 is 11.8 Å². The fraction of sp³-hybridized carbons (Fsp3) is 0.857. The summed E-state index contributed by atoms with van der Waals surface area (Å²) in [5.41, 5.74) is 0. The number of carbonyl (C=O) groups excluding carboxylic acids is 2. The Morgan fingerprint density at radius 1 is 1.21 bits per heavy atom. The van der Waals surface area contributed by atoms with Crippen LogP contribution in [-0.2, 0) is 14.3 Å². The number of ether oxygens (including phenoxy) is 1. The maximum Gasteiger partial charge on any atom is 0.246 e. The topological polar surface area (TPSA) is 49.9 Å². The van der Waals surface area contributed by atoms with Gasteiger partial charge in [0.1, 0.15) is 12.1 Å². The Balaban J connectivity index is 1.88. The number of piperazine rings is 1. The van der Waals surface area contributed by atoms with Crippen molar-refractivity contribution in [3.05, 3.63) is 0 Å². The summed E-state index contributed by atoms with van der Waals surface area (Å²) in [5, 5.41) is 0. The normalized spacial score (nSPS) is 35.7. The molecular formula is C14H22N2O3. The molecule has 19 heavy (non-hydrogen) atoms. The molecule has 3 atom stereocenters. The third-order valence-electron chi connectivity index (χ3n) is 4.63. The van der Waals surface area contributed by atoms with E-state index in [1.54, 1.807) is 0 Å². The summed E-state index contributed by atoms with van der Waals surface area (Å²) in [6.45, 7) is 4.03. The van der Waals surface area contributed by atoms with E-state index in [0.29, 0.717) is 19.6 Å². The van der Waals surface area contributed by atoms with Gasteiger partial charge in [-0.05, 0) is 32.1 Å². The van der Waals surface area contributed by atoms with Crippen molar-refractivity contribution in [2.24, 2.45) is 0 Å². The first-order valence-corrected chi connectivity index (χ1v) is 7.44. The van der Waals surface area contributed by atoms with E-state index < -0.39 is 0 Å². The molecule has 0 aromatic carbocycles. The van der Waals surface area contributed by atoms with Crippen LogP contribution >= 0.6 is 0 Å². The lowest BCUT2D eigenvalue weighted by Gasteiger charge is -2.48. The molecule has 3 aliphatic rings. The molecule has 0 aromatic rings. The monoisotopic (exact) mass is 266 g/mol.